The zero-order valence-electron chi connectivity index (χ0n) is 4.84. The van der Waals surface area contributed by atoms with Gasteiger partial charge in [0.1, 0.15) is 0 Å². The molecule has 2 N–H and O–H groups in total. The molecule has 46 valence electrons. The Kier molecular flexibility index (Phi) is 1.99. The molecule has 0 saturated heterocycles. The zero-order chi connectivity index (χ0) is 6.73. The van der Waals surface area contributed by atoms with E-state index >= 15 is 0 Å². The quantitative estimate of drug-likeness (QED) is 0.400. The van der Waals surface area contributed by atoms with Crippen molar-refractivity contribution in [3.05, 3.63) is 21.5 Å². The fourth-order valence-electron chi connectivity index (χ4n) is 0.144. The average molecular weight is 116 g/mol. The van der Waals surface area contributed by atoms with Crippen molar-refractivity contribution in [1.82, 2.24) is 0 Å². The second kappa shape index (κ2) is 2.30. The number of hydrogen-bond acceptors (Lipinski definition) is 3. The van der Waals surface area contributed by atoms with Gasteiger partial charge in [-0.1, -0.05) is 0 Å². The van der Waals surface area contributed by atoms with Crippen LogP contribution in [0, 0.1) is 10.1 Å². The monoisotopic (exact) mass is 116 g/mol. The third-order valence-corrected chi connectivity index (χ3v) is 0.845. The molecular weight excluding hydrogens is 108 g/mol. The molecule has 0 rings (SSSR count). The molecule has 0 aromatic carbocycles. The Morgan fingerprint density at radius 3 is 2.00 bits per heavy atom. The zero-order valence-corrected chi connectivity index (χ0v) is 4.84. The van der Waals surface area contributed by atoms with E-state index in [9.17, 15) is 10.1 Å². The molecule has 0 aliphatic rings. The summed E-state index contributed by atoms with van der Waals surface area (Å²) in [6.45, 7) is 2.87. The molecule has 0 spiro atoms. The molecule has 0 saturated carbocycles. The molecule has 0 unspecified atom stereocenters. The average Bonchev–Trinajstić information content (AvgIpc) is 1.64. The molecule has 0 radical (unpaired) electrons. The number of nitro groups is 1. The molecule has 4 nitrogen and oxygen atoms in total. The fourth-order valence-corrected chi connectivity index (χ4v) is 0.144. The Hall–Kier alpha value is -1.06. The second-order valence-electron chi connectivity index (χ2n) is 1.53. The lowest BCUT2D eigenvalue weighted by Crippen LogP contribution is -2.03. The van der Waals surface area contributed by atoms with Crippen molar-refractivity contribution in [2.45, 2.75) is 13.8 Å². The van der Waals surface area contributed by atoms with Gasteiger partial charge in [-0.2, -0.15) is 0 Å². The summed E-state index contributed by atoms with van der Waals surface area (Å²) >= 11 is 0. The SMILES string of the molecule is CC(N)=C(C)[N+](=O)[O-]. The smallest absolute Gasteiger partial charge is 0.261 e. The lowest BCUT2D eigenvalue weighted by molar-refractivity contribution is -0.425. The van der Waals surface area contributed by atoms with Crippen molar-refractivity contribution in [2.75, 3.05) is 0 Å². The Balaban J connectivity index is 4.23. The minimum Gasteiger partial charge on any atom is -0.397 e. The number of rotatable bonds is 1. The summed E-state index contributed by atoms with van der Waals surface area (Å²) in [6.07, 6.45) is 0. The number of hydrogen-bond donors (Lipinski definition) is 1. The predicted octanol–water partition coefficient (Wildman–Crippen LogP) is 0.473. The molecule has 0 aromatic rings. The first-order valence-corrected chi connectivity index (χ1v) is 2.13. The van der Waals surface area contributed by atoms with Crippen molar-refractivity contribution in [3.63, 3.8) is 0 Å². The normalized spacial score (nSPS) is 12.8. The molecule has 0 aliphatic carbocycles. The maximum atomic E-state index is 9.81. The minimum atomic E-state index is -0.505. The lowest BCUT2D eigenvalue weighted by Gasteiger charge is -1.89. The molecular formula is C4H8N2O2. The molecule has 0 aromatic heterocycles. The van der Waals surface area contributed by atoms with E-state index in [-0.39, 0.29) is 11.4 Å². The van der Waals surface area contributed by atoms with Gasteiger partial charge in [0.15, 0.2) is 0 Å². The van der Waals surface area contributed by atoms with E-state index < -0.39 is 4.92 Å². The molecule has 0 amide bonds. The van der Waals surface area contributed by atoms with Gasteiger partial charge in [0.2, 0.25) is 0 Å². The summed E-state index contributed by atoms with van der Waals surface area (Å²) in [7, 11) is 0. The van der Waals surface area contributed by atoms with Crippen LogP contribution in [0.15, 0.2) is 11.4 Å². The highest BCUT2D eigenvalue weighted by Crippen LogP contribution is 1.94. The van der Waals surface area contributed by atoms with E-state index in [2.05, 4.69) is 0 Å². The Morgan fingerprint density at radius 1 is 1.62 bits per heavy atom. The van der Waals surface area contributed by atoms with Gasteiger partial charge in [-0.3, -0.25) is 10.1 Å². The molecule has 0 bridgehead atoms. The van der Waals surface area contributed by atoms with Crippen LogP contribution in [0.1, 0.15) is 13.8 Å². The molecule has 0 aliphatic heterocycles. The van der Waals surface area contributed by atoms with E-state index in [0.717, 1.165) is 0 Å². The van der Waals surface area contributed by atoms with Gasteiger partial charge in [-0.25, -0.2) is 0 Å². The van der Waals surface area contributed by atoms with Gasteiger partial charge in [0, 0.05) is 6.92 Å². The van der Waals surface area contributed by atoms with Crippen LogP contribution in [0.25, 0.3) is 0 Å². The largest absolute Gasteiger partial charge is 0.397 e. The summed E-state index contributed by atoms with van der Waals surface area (Å²) in [5.41, 5.74) is 5.35. The van der Waals surface area contributed by atoms with Gasteiger partial charge in [-0.05, 0) is 6.92 Å². The first-order valence-electron chi connectivity index (χ1n) is 2.13. The van der Waals surface area contributed by atoms with Gasteiger partial charge in [0.05, 0.1) is 10.6 Å². The van der Waals surface area contributed by atoms with Gasteiger partial charge in [-0.15, -0.1) is 0 Å². The Morgan fingerprint density at radius 2 is 2.00 bits per heavy atom. The van der Waals surface area contributed by atoms with Crippen LogP contribution in [0.4, 0.5) is 0 Å². The van der Waals surface area contributed by atoms with Crippen LogP contribution in [-0.2, 0) is 0 Å². The highest BCUT2D eigenvalue weighted by molar-refractivity contribution is 4.95. The van der Waals surface area contributed by atoms with Crippen molar-refractivity contribution in [1.29, 1.82) is 0 Å². The van der Waals surface area contributed by atoms with Crippen LogP contribution in [0.5, 0.6) is 0 Å². The molecule has 0 fully saturated rings. The molecule has 4 heteroatoms. The fraction of sp³-hybridized carbons (Fsp3) is 0.500. The lowest BCUT2D eigenvalue weighted by atomic mass is 10.4. The Bertz CT molecular complexity index is 135. The van der Waals surface area contributed by atoms with E-state index in [1.807, 2.05) is 0 Å². The third kappa shape index (κ3) is 1.59. The summed E-state index contributed by atoms with van der Waals surface area (Å²) in [6, 6.07) is 0. The van der Waals surface area contributed by atoms with Crippen LogP contribution in [0.3, 0.4) is 0 Å². The highest BCUT2D eigenvalue weighted by Gasteiger charge is 2.02. The van der Waals surface area contributed by atoms with E-state index in [4.69, 9.17) is 5.73 Å². The number of allylic oxidation sites excluding steroid dienone is 2. The topological polar surface area (TPSA) is 69.2 Å². The summed E-state index contributed by atoms with van der Waals surface area (Å²) < 4.78 is 0. The third-order valence-electron chi connectivity index (χ3n) is 0.845. The van der Waals surface area contributed by atoms with Crippen molar-refractivity contribution in [3.8, 4) is 0 Å². The maximum absolute atomic E-state index is 9.81. The van der Waals surface area contributed by atoms with Crippen LogP contribution < -0.4 is 5.73 Å². The molecule has 0 heterocycles. The van der Waals surface area contributed by atoms with Crippen molar-refractivity contribution < 1.29 is 4.92 Å². The second-order valence-corrected chi connectivity index (χ2v) is 1.53. The van der Waals surface area contributed by atoms with Crippen LogP contribution in [-0.4, -0.2) is 4.92 Å². The molecule has 0 atom stereocenters. The predicted molar refractivity (Wildman–Crippen MR) is 29.6 cm³/mol. The van der Waals surface area contributed by atoms with Gasteiger partial charge >= 0.3 is 0 Å². The first-order chi connectivity index (χ1) is 3.55. The van der Waals surface area contributed by atoms with E-state index in [1.54, 1.807) is 0 Å². The first kappa shape index (κ1) is 6.94. The van der Waals surface area contributed by atoms with E-state index in [1.165, 1.54) is 13.8 Å². The van der Waals surface area contributed by atoms with Gasteiger partial charge < -0.3 is 5.73 Å². The summed E-state index contributed by atoms with van der Waals surface area (Å²) in [5, 5.41) is 9.81. The number of nitrogens with two attached hydrogens (primary N) is 1. The van der Waals surface area contributed by atoms with E-state index in [0.29, 0.717) is 0 Å². The Labute approximate surface area is 47.1 Å². The van der Waals surface area contributed by atoms with Crippen LogP contribution >= 0.6 is 0 Å². The highest BCUT2D eigenvalue weighted by atomic mass is 16.6. The summed E-state index contributed by atoms with van der Waals surface area (Å²) in [4.78, 5) is 9.30. The van der Waals surface area contributed by atoms with Crippen molar-refractivity contribution >= 4 is 0 Å². The summed E-state index contributed by atoms with van der Waals surface area (Å²) in [5.74, 6) is 0. The number of nitrogens with zero attached hydrogens (tertiary/aromatic N) is 1. The van der Waals surface area contributed by atoms with Crippen LogP contribution in [0.2, 0.25) is 0 Å². The minimum absolute atomic E-state index is 0.0185. The van der Waals surface area contributed by atoms with Crippen molar-refractivity contribution in [2.24, 2.45) is 5.73 Å². The standard InChI is InChI=1S/C4H8N2O2/c1-3(5)4(2)6(7)8/h5H2,1-2H3. The maximum Gasteiger partial charge on any atom is 0.261 e. The van der Waals surface area contributed by atoms with Gasteiger partial charge in [0.25, 0.3) is 5.70 Å². The molecule has 8 heavy (non-hydrogen) atoms.